The fourth-order valence-electron chi connectivity index (χ4n) is 3.83. The Bertz CT molecular complexity index is 940. The number of aliphatic carboxylic acids is 1. The summed E-state index contributed by atoms with van der Waals surface area (Å²) in [5.74, 6) is -1.81. The summed E-state index contributed by atoms with van der Waals surface area (Å²) in [7, 11) is 0. The molecule has 1 aliphatic carbocycles. The topological polar surface area (TPSA) is 119 Å². The van der Waals surface area contributed by atoms with E-state index in [1.54, 1.807) is 0 Å². The Morgan fingerprint density at radius 1 is 1.00 bits per heavy atom. The Morgan fingerprint density at radius 3 is 2.19 bits per heavy atom. The van der Waals surface area contributed by atoms with E-state index in [1.165, 1.54) is 0 Å². The number of amides is 1. The smallest absolute Gasteiger partial charge is 0.407 e. The lowest BCUT2D eigenvalue weighted by Gasteiger charge is -2.18. The van der Waals surface area contributed by atoms with Gasteiger partial charge in [-0.25, -0.2) is 9.59 Å². The van der Waals surface area contributed by atoms with Gasteiger partial charge < -0.3 is 20.9 Å². The molecule has 7 nitrogen and oxygen atoms in total. The highest BCUT2D eigenvalue weighted by atomic mass is 16.5. The second-order valence-corrected chi connectivity index (χ2v) is 7.38. The zero-order chi connectivity index (χ0) is 22.2. The monoisotopic (exact) mass is 422 g/mol. The summed E-state index contributed by atoms with van der Waals surface area (Å²) in [4.78, 5) is 35.5. The van der Waals surface area contributed by atoms with Crippen LogP contribution in [0.5, 0.6) is 0 Å². The molecule has 0 spiro atoms. The Kier molecular flexibility index (Phi) is 7.56. The number of hydrogen-bond donors (Lipinski definition) is 3. The molecule has 1 atom stereocenters. The fraction of sp³-hybridized carbons (Fsp3) is 0.292. The number of nitrogens with one attached hydrogen (secondary N) is 1. The van der Waals surface area contributed by atoms with Crippen LogP contribution in [0.25, 0.3) is 11.1 Å². The summed E-state index contributed by atoms with van der Waals surface area (Å²) in [6, 6.07) is 15.2. The van der Waals surface area contributed by atoms with E-state index in [2.05, 4.69) is 17.4 Å². The Labute approximate surface area is 180 Å². The molecule has 0 aromatic heterocycles. The number of ether oxygens (including phenoxy) is 1. The third-order valence-electron chi connectivity index (χ3n) is 5.32. The molecule has 2 aromatic rings. The maximum Gasteiger partial charge on any atom is 0.407 e. The number of carboxylic acids is 1. The van der Waals surface area contributed by atoms with Crippen LogP contribution in [0, 0.1) is 0 Å². The van der Waals surface area contributed by atoms with Crippen molar-refractivity contribution in [3.8, 4) is 11.1 Å². The standard InChI is InChI=1S/C24H26N2O5/c25-14-6-5-11-21(22(27)12-13-23(28)29)26-24(30)31-15-20-18-9-3-1-7-16(18)17-8-2-4-10-19(17)20/h1-4,7-10,12-13,20-21H,5-6,11,14-15,25H2,(H,26,30)(H,28,29)/t21-/m0/s1. The first-order valence-corrected chi connectivity index (χ1v) is 10.3. The lowest BCUT2D eigenvalue weighted by molar-refractivity contribution is -0.131. The number of alkyl carbamates (subject to hydrolysis) is 1. The number of carboxylic acid groups (broad SMARTS) is 1. The van der Waals surface area contributed by atoms with Crippen LogP contribution in [-0.2, 0) is 14.3 Å². The number of fused-ring (bicyclic) bond motifs is 3. The van der Waals surface area contributed by atoms with Crippen molar-refractivity contribution in [3.05, 3.63) is 71.8 Å². The lowest BCUT2D eigenvalue weighted by atomic mass is 9.98. The number of nitrogens with two attached hydrogens (primary N) is 1. The van der Waals surface area contributed by atoms with Crippen molar-refractivity contribution in [1.82, 2.24) is 5.32 Å². The van der Waals surface area contributed by atoms with E-state index < -0.39 is 23.9 Å². The van der Waals surface area contributed by atoms with Gasteiger partial charge in [0.15, 0.2) is 5.78 Å². The average molecular weight is 422 g/mol. The molecular formula is C24H26N2O5. The van der Waals surface area contributed by atoms with E-state index in [9.17, 15) is 14.4 Å². The Hall–Kier alpha value is -3.45. The minimum atomic E-state index is -1.23. The number of carbonyl (C=O) groups is 3. The molecule has 0 fully saturated rings. The highest BCUT2D eigenvalue weighted by molar-refractivity contribution is 5.99. The molecule has 0 heterocycles. The normalized spacial score (nSPS) is 13.5. The van der Waals surface area contributed by atoms with Crippen LogP contribution in [-0.4, -0.2) is 42.1 Å². The van der Waals surface area contributed by atoms with Crippen LogP contribution in [0.4, 0.5) is 4.79 Å². The van der Waals surface area contributed by atoms with Crippen molar-refractivity contribution < 1.29 is 24.2 Å². The fourth-order valence-corrected chi connectivity index (χ4v) is 3.83. The summed E-state index contributed by atoms with van der Waals surface area (Å²) < 4.78 is 5.48. The van der Waals surface area contributed by atoms with Crippen molar-refractivity contribution in [1.29, 1.82) is 0 Å². The van der Waals surface area contributed by atoms with Crippen molar-refractivity contribution in [2.24, 2.45) is 5.73 Å². The van der Waals surface area contributed by atoms with E-state index in [0.717, 1.165) is 34.4 Å². The van der Waals surface area contributed by atoms with Gasteiger partial charge in [-0.2, -0.15) is 0 Å². The second-order valence-electron chi connectivity index (χ2n) is 7.38. The molecule has 2 aromatic carbocycles. The number of hydrogen-bond acceptors (Lipinski definition) is 5. The predicted molar refractivity (Wildman–Crippen MR) is 117 cm³/mol. The highest BCUT2D eigenvalue weighted by Gasteiger charge is 2.29. The summed E-state index contributed by atoms with van der Waals surface area (Å²) in [5, 5.41) is 11.3. The third kappa shape index (κ3) is 5.58. The van der Waals surface area contributed by atoms with Gasteiger partial charge >= 0.3 is 12.1 Å². The number of carbonyl (C=O) groups excluding carboxylic acids is 2. The zero-order valence-corrected chi connectivity index (χ0v) is 17.1. The molecule has 162 valence electrons. The Morgan fingerprint density at radius 2 is 1.61 bits per heavy atom. The van der Waals surface area contributed by atoms with Crippen molar-refractivity contribution in [2.75, 3.05) is 13.2 Å². The number of benzene rings is 2. The van der Waals surface area contributed by atoms with Crippen molar-refractivity contribution in [2.45, 2.75) is 31.2 Å². The molecule has 0 bridgehead atoms. The molecular weight excluding hydrogens is 396 g/mol. The van der Waals surface area contributed by atoms with Gasteiger partial charge in [0, 0.05) is 12.0 Å². The first-order chi connectivity index (χ1) is 15.0. The van der Waals surface area contributed by atoms with Gasteiger partial charge in [-0.1, -0.05) is 48.5 Å². The maximum absolute atomic E-state index is 12.5. The average Bonchev–Trinajstić information content (AvgIpc) is 3.09. The van der Waals surface area contributed by atoms with Gasteiger partial charge in [0.25, 0.3) is 0 Å². The van der Waals surface area contributed by atoms with Gasteiger partial charge in [0.2, 0.25) is 0 Å². The third-order valence-corrected chi connectivity index (χ3v) is 5.32. The van der Waals surface area contributed by atoms with Crippen LogP contribution in [0.3, 0.4) is 0 Å². The summed E-state index contributed by atoms with van der Waals surface area (Å²) >= 11 is 0. The number of unbranched alkanes of at least 4 members (excludes halogenated alkanes) is 1. The van der Waals surface area contributed by atoms with E-state index in [-0.39, 0.29) is 12.5 Å². The van der Waals surface area contributed by atoms with Crippen LogP contribution >= 0.6 is 0 Å². The molecule has 1 aliphatic rings. The minimum absolute atomic E-state index is 0.0866. The van der Waals surface area contributed by atoms with Crippen LogP contribution in [0.1, 0.15) is 36.3 Å². The summed E-state index contributed by atoms with van der Waals surface area (Å²) in [6.07, 6.45) is 2.67. The van der Waals surface area contributed by atoms with Gasteiger partial charge in [-0.3, -0.25) is 4.79 Å². The van der Waals surface area contributed by atoms with E-state index >= 15 is 0 Å². The van der Waals surface area contributed by atoms with Gasteiger partial charge in [0.05, 0.1) is 6.04 Å². The van der Waals surface area contributed by atoms with Crippen LogP contribution < -0.4 is 11.1 Å². The van der Waals surface area contributed by atoms with Crippen LogP contribution in [0.2, 0.25) is 0 Å². The maximum atomic E-state index is 12.5. The van der Waals surface area contributed by atoms with Crippen LogP contribution in [0.15, 0.2) is 60.7 Å². The molecule has 7 heteroatoms. The second kappa shape index (κ2) is 10.5. The van der Waals surface area contributed by atoms with Crippen molar-refractivity contribution >= 4 is 17.8 Å². The summed E-state index contributed by atoms with van der Waals surface area (Å²) in [6.45, 7) is 0.603. The molecule has 0 unspecified atom stereocenters. The predicted octanol–water partition coefficient (Wildman–Crippen LogP) is 3.23. The Balaban J connectivity index is 1.66. The minimum Gasteiger partial charge on any atom is -0.478 e. The lowest BCUT2D eigenvalue weighted by Crippen LogP contribution is -2.41. The largest absolute Gasteiger partial charge is 0.478 e. The van der Waals surface area contributed by atoms with E-state index in [0.29, 0.717) is 25.8 Å². The summed E-state index contributed by atoms with van der Waals surface area (Å²) in [5.41, 5.74) is 9.94. The molecule has 0 aliphatic heterocycles. The molecule has 3 rings (SSSR count). The van der Waals surface area contributed by atoms with E-state index in [4.69, 9.17) is 15.6 Å². The number of ketones is 1. The molecule has 4 N–H and O–H groups in total. The zero-order valence-electron chi connectivity index (χ0n) is 17.1. The molecule has 1 amide bonds. The first-order valence-electron chi connectivity index (χ1n) is 10.3. The highest BCUT2D eigenvalue weighted by Crippen LogP contribution is 2.44. The first kappa shape index (κ1) is 22.2. The quantitative estimate of drug-likeness (QED) is 0.400. The SMILES string of the molecule is NCCCC[C@H](NC(=O)OCC1c2ccccc2-c2ccccc21)C(=O)C=CC(=O)O. The molecule has 0 saturated carbocycles. The van der Waals surface area contributed by atoms with E-state index in [1.807, 2.05) is 36.4 Å². The number of rotatable bonds is 10. The van der Waals surface area contributed by atoms with Crippen molar-refractivity contribution in [3.63, 3.8) is 0 Å². The van der Waals surface area contributed by atoms with Gasteiger partial charge in [-0.05, 0) is 54.1 Å². The van der Waals surface area contributed by atoms with Gasteiger partial charge in [-0.15, -0.1) is 0 Å². The molecule has 31 heavy (non-hydrogen) atoms. The van der Waals surface area contributed by atoms with Gasteiger partial charge in [0.1, 0.15) is 6.61 Å². The molecule has 0 radical (unpaired) electrons. The molecule has 0 saturated heterocycles.